The Hall–Kier alpha value is -2.14. The quantitative estimate of drug-likeness (QED) is 0.913. The van der Waals surface area contributed by atoms with Crippen LogP contribution in [0.15, 0.2) is 30.5 Å². The van der Waals surface area contributed by atoms with E-state index < -0.39 is 0 Å². The fourth-order valence-electron chi connectivity index (χ4n) is 2.70. The first-order valence-electron chi connectivity index (χ1n) is 7.66. The monoisotopic (exact) mass is 299 g/mol. The fraction of sp³-hybridized carbons (Fsp3) is 0.412. The molecule has 1 aliphatic heterocycles. The molecule has 1 amide bonds. The van der Waals surface area contributed by atoms with Gasteiger partial charge in [0.1, 0.15) is 6.54 Å². The van der Waals surface area contributed by atoms with E-state index in [0.717, 1.165) is 24.1 Å². The molecule has 5 nitrogen and oxygen atoms in total. The summed E-state index contributed by atoms with van der Waals surface area (Å²) < 4.78 is 7.10. The van der Waals surface area contributed by atoms with Gasteiger partial charge in [0.05, 0.1) is 18.9 Å². The van der Waals surface area contributed by atoms with Crippen LogP contribution in [0.5, 0.6) is 0 Å². The number of amides is 1. The van der Waals surface area contributed by atoms with Crippen LogP contribution in [0.1, 0.15) is 22.4 Å². The lowest BCUT2D eigenvalue weighted by molar-refractivity contribution is -0.121. The summed E-state index contributed by atoms with van der Waals surface area (Å²) >= 11 is 0. The molecular formula is C17H21N3O2. The molecular weight excluding hydrogens is 278 g/mol. The number of fused-ring (bicyclic) bond motifs is 1. The van der Waals surface area contributed by atoms with Crippen molar-refractivity contribution in [2.24, 2.45) is 0 Å². The first-order valence-corrected chi connectivity index (χ1v) is 7.66. The first kappa shape index (κ1) is 14.8. The van der Waals surface area contributed by atoms with Crippen molar-refractivity contribution in [1.82, 2.24) is 15.1 Å². The van der Waals surface area contributed by atoms with Gasteiger partial charge in [0.25, 0.3) is 0 Å². The number of carbonyl (C=O) groups is 1. The number of hydrogen-bond acceptors (Lipinski definition) is 3. The van der Waals surface area contributed by atoms with E-state index in [2.05, 4.69) is 29.5 Å². The second kappa shape index (κ2) is 6.75. The number of aryl methyl sites for hydroxylation is 1. The van der Waals surface area contributed by atoms with Gasteiger partial charge in [0.2, 0.25) is 5.91 Å². The lowest BCUT2D eigenvalue weighted by Crippen LogP contribution is -2.29. The summed E-state index contributed by atoms with van der Waals surface area (Å²) in [5.74, 6) is -0.00523. The Bertz CT molecular complexity index is 640. The van der Waals surface area contributed by atoms with Crippen LogP contribution < -0.4 is 5.32 Å². The Morgan fingerprint density at radius 2 is 2.27 bits per heavy atom. The molecule has 5 heteroatoms. The highest BCUT2D eigenvalue weighted by molar-refractivity contribution is 5.75. The minimum Gasteiger partial charge on any atom is -0.376 e. The molecule has 0 unspecified atom stereocenters. The molecule has 2 heterocycles. The van der Waals surface area contributed by atoms with Crippen LogP contribution in [0, 0.1) is 6.92 Å². The zero-order valence-corrected chi connectivity index (χ0v) is 12.8. The largest absolute Gasteiger partial charge is 0.376 e. The molecule has 22 heavy (non-hydrogen) atoms. The van der Waals surface area contributed by atoms with Crippen LogP contribution in [-0.4, -0.2) is 28.8 Å². The minimum atomic E-state index is -0.00523. The Morgan fingerprint density at radius 3 is 3.09 bits per heavy atom. The standard InChI is InChI=1S/C17H21N3O2/c1-13-4-2-3-5-14(13)6-8-18-17(21)11-20-10-15-12-22-9-7-16(15)19-20/h2-5,10H,6-9,11-12H2,1H3,(H,18,21). The highest BCUT2D eigenvalue weighted by atomic mass is 16.5. The summed E-state index contributed by atoms with van der Waals surface area (Å²) in [5, 5.41) is 7.40. The minimum absolute atomic E-state index is 0.00523. The molecule has 1 aromatic carbocycles. The number of aromatic nitrogens is 2. The van der Waals surface area contributed by atoms with Gasteiger partial charge in [-0.2, -0.15) is 5.10 Å². The fourth-order valence-corrected chi connectivity index (χ4v) is 2.70. The summed E-state index contributed by atoms with van der Waals surface area (Å²) in [5.41, 5.74) is 4.68. The number of nitrogens with one attached hydrogen (secondary N) is 1. The average Bonchev–Trinajstić information content (AvgIpc) is 2.91. The molecule has 0 fully saturated rings. The molecule has 0 aliphatic carbocycles. The molecule has 0 saturated heterocycles. The average molecular weight is 299 g/mol. The van der Waals surface area contributed by atoms with Crippen LogP contribution >= 0.6 is 0 Å². The molecule has 1 aromatic heterocycles. The maximum absolute atomic E-state index is 12.0. The van der Waals surface area contributed by atoms with Gasteiger partial charge in [0, 0.05) is 24.7 Å². The van der Waals surface area contributed by atoms with Crippen molar-refractivity contribution in [3.05, 3.63) is 52.8 Å². The summed E-state index contributed by atoms with van der Waals surface area (Å²) in [6.45, 7) is 4.32. The van der Waals surface area contributed by atoms with E-state index in [1.54, 1.807) is 4.68 Å². The van der Waals surface area contributed by atoms with Crippen molar-refractivity contribution < 1.29 is 9.53 Å². The summed E-state index contributed by atoms with van der Waals surface area (Å²) in [7, 11) is 0. The zero-order chi connectivity index (χ0) is 15.4. The Morgan fingerprint density at radius 1 is 1.41 bits per heavy atom. The van der Waals surface area contributed by atoms with Crippen LogP contribution in [-0.2, 0) is 35.5 Å². The predicted octanol–water partition coefficient (Wildman–Crippen LogP) is 1.62. The van der Waals surface area contributed by atoms with E-state index in [0.29, 0.717) is 19.8 Å². The van der Waals surface area contributed by atoms with Gasteiger partial charge in [-0.05, 0) is 24.5 Å². The van der Waals surface area contributed by atoms with E-state index in [9.17, 15) is 4.79 Å². The van der Waals surface area contributed by atoms with E-state index in [1.165, 1.54) is 11.1 Å². The molecule has 3 rings (SSSR count). The molecule has 0 bridgehead atoms. The first-order chi connectivity index (χ1) is 10.7. The van der Waals surface area contributed by atoms with Crippen molar-refractivity contribution in [3.63, 3.8) is 0 Å². The third-order valence-electron chi connectivity index (χ3n) is 3.95. The van der Waals surface area contributed by atoms with Crippen LogP contribution in [0.3, 0.4) is 0 Å². The van der Waals surface area contributed by atoms with Gasteiger partial charge in [-0.15, -0.1) is 0 Å². The third-order valence-corrected chi connectivity index (χ3v) is 3.95. The number of rotatable bonds is 5. The van der Waals surface area contributed by atoms with E-state index in [4.69, 9.17) is 4.74 Å². The number of nitrogens with zero attached hydrogens (tertiary/aromatic N) is 2. The van der Waals surface area contributed by atoms with E-state index in [-0.39, 0.29) is 12.5 Å². The van der Waals surface area contributed by atoms with Crippen molar-refractivity contribution in [3.8, 4) is 0 Å². The molecule has 2 aromatic rings. The number of ether oxygens (including phenoxy) is 1. The second-order valence-electron chi connectivity index (χ2n) is 5.63. The lowest BCUT2D eigenvalue weighted by Gasteiger charge is -2.08. The Labute approximate surface area is 130 Å². The molecule has 0 atom stereocenters. The van der Waals surface area contributed by atoms with Crippen molar-refractivity contribution in [2.75, 3.05) is 13.2 Å². The van der Waals surface area contributed by atoms with Crippen LogP contribution in [0.2, 0.25) is 0 Å². The van der Waals surface area contributed by atoms with Gasteiger partial charge in [-0.1, -0.05) is 24.3 Å². The molecule has 1 aliphatic rings. The van der Waals surface area contributed by atoms with Crippen molar-refractivity contribution >= 4 is 5.91 Å². The number of hydrogen-bond donors (Lipinski definition) is 1. The maximum Gasteiger partial charge on any atom is 0.241 e. The Balaban J connectivity index is 1.48. The van der Waals surface area contributed by atoms with Crippen LogP contribution in [0.4, 0.5) is 0 Å². The van der Waals surface area contributed by atoms with Gasteiger partial charge < -0.3 is 10.1 Å². The van der Waals surface area contributed by atoms with Gasteiger partial charge in [0.15, 0.2) is 0 Å². The molecule has 0 radical (unpaired) electrons. The number of carbonyl (C=O) groups excluding carboxylic acids is 1. The molecule has 1 N–H and O–H groups in total. The topological polar surface area (TPSA) is 56.2 Å². The summed E-state index contributed by atoms with van der Waals surface area (Å²) in [6.07, 6.45) is 3.59. The highest BCUT2D eigenvalue weighted by Gasteiger charge is 2.14. The zero-order valence-electron chi connectivity index (χ0n) is 12.8. The Kier molecular flexibility index (Phi) is 4.53. The smallest absolute Gasteiger partial charge is 0.241 e. The number of benzene rings is 1. The van der Waals surface area contributed by atoms with Gasteiger partial charge in [-0.25, -0.2) is 0 Å². The molecule has 116 valence electrons. The van der Waals surface area contributed by atoms with Crippen molar-refractivity contribution in [2.45, 2.75) is 32.9 Å². The predicted molar refractivity (Wildman–Crippen MR) is 83.5 cm³/mol. The van der Waals surface area contributed by atoms with Gasteiger partial charge >= 0.3 is 0 Å². The summed E-state index contributed by atoms with van der Waals surface area (Å²) in [6, 6.07) is 8.25. The SMILES string of the molecule is Cc1ccccc1CCNC(=O)Cn1cc2c(n1)CCOC2. The normalized spacial score (nSPS) is 13.7. The van der Waals surface area contributed by atoms with Crippen LogP contribution in [0.25, 0.3) is 0 Å². The molecule has 0 spiro atoms. The molecule has 0 saturated carbocycles. The van der Waals surface area contributed by atoms with E-state index in [1.807, 2.05) is 18.3 Å². The van der Waals surface area contributed by atoms with Crippen molar-refractivity contribution in [1.29, 1.82) is 0 Å². The lowest BCUT2D eigenvalue weighted by atomic mass is 10.1. The second-order valence-corrected chi connectivity index (χ2v) is 5.63. The highest BCUT2D eigenvalue weighted by Crippen LogP contribution is 2.14. The third kappa shape index (κ3) is 3.54. The van der Waals surface area contributed by atoms with E-state index >= 15 is 0 Å². The maximum atomic E-state index is 12.0. The summed E-state index contributed by atoms with van der Waals surface area (Å²) in [4.78, 5) is 12.0. The van der Waals surface area contributed by atoms with Gasteiger partial charge in [-0.3, -0.25) is 9.48 Å².